The van der Waals surface area contributed by atoms with Crippen LogP contribution < -0.4 is 5.32 Å². The van der Waals surface area contributed by atoms with E-state index < -0.39 is 0 Å². The van der Waals surface area contributed by atoms with Gasteiger partial charge in [-0.1, -0.05) is 27.7 Å². The molecule has 3 heteroatoms. The molecular weight excluding hydrogens is 236 g/mol. The predicted molar refractivity (Wildman–Crippen MR) is 82.6 cm³/mol. The lowest BCUT2D eigenvalue weighted by molar-refractivity contribution is 0.0312. The smallest absolute Gasteiger partial charge is 0.0624 e. The van der Waals surface area contributed by atoms with E-state index >= 15 is 0 Å². The van der Waals surface area contributed by atoms with Gasteiger partial charge in [0.05, 0.1) is 6.61 Å². The monoisotopic (exact) mass is 270 g/mol. The molecule has 3 unspecified atom stereocenters. The average Bonchev–Trinajstić information content (AvgIpc) is 2.35. The molecule has 0 radical (unpaired) electrons. The summed E-state index contributed by atoms with van der Waals surface area (Å²) < 4.78 is 5.71. The largest absolute Gasteiger partial charge is 0.380 e. The van der Waals surface area contributed by atoms with Crippen LogP contribution in [0, 0.1) is 11.8 Å². The first-order valence-electron chi connectivity index (χ1n) is 8.13. The first kappa shape index (κ1) is 16.9. The number of ether oxygens (including phenoxy) is 1. The van der Waals surface area contributed by atoms with Gasteiger partial charge in [-0.15, -0.1) is 0 Å². The molecule has 3 atom stereocenters. The minimum Gasteiger partial charge on any atom is -0.380 e. The van der Waals surface area contributed by atoms with E-state index in [2.05, 4.69) is 44.8 Å². The maximum atomic E-state index is 5.71. The highest BCUT2D eigenvalue weighted by molar-refractivity contribution is 4.81. The van der Waals surface area contributed by atoms with Crippen LogP contribution in [0.5, 0.6) is 0 Å². The van der Waals surface area contributed by atoms with Gasteiger partial charge in [-0.3, -0.25) is 4.90 Å². The molecule has 0 saturated carbocycles. The molecule has 1 saturated heterocycles. The van der Waals surface area contributed by atoms with Crippen LogP contribution in [0.2, 0.25) is 0 Å². The number of rotatable bonds is 6. The molecule has 1 heterocycles. The molecule has 1 N–H and O–H groups in total. The summed E-state index contributed by atoms with van der Waals surface area (Å²) in [4.78, 5) is 2.68. The van der Waals surface area contributed by atoms with Gasteiger partial charge in [0.15, 0.2) is 0 Å². The Kier molecular flexibility index (Phi) is 7.96. The highest BCUT2D eigenvalue weighted by Gasteiger charge is 2.26. The SMILES string of the molecule is CCOCC(C(C)C)N1CCC(CC)NCC(C)C1. The van der Waals surface area contributed by atoms with Gasteiger partial charge in [0, 0.05) is 31.8 Å². The van der Waals surface area contributed by atoms with Crippen molar-refractivity contribution >= 4 is 0 Å². The van der Waals surface area contributed by atoms with Crippen LogP contribution in [-0.4, -0.2) is 49.8 Å². The standard InChI is InChI=1S/C16H34N2O/c1-6-15-8-9-18(11-14(5)10-17-15)16(13(3)4)12-19-7-2/h13-17H,6-12H2,1-5H3. The van der Waals surface area contributed by atoms with Gasteiger partial charge in [-0.05, 0) is 38.1 Å². The maximum Gasteiger partial charge on any atom is 0.0624 e. The fourth-order valence-corrected chi connectivity index (χ4v) is 2.96. The van der Waals surface area contributed by atoms with Gasteiger partial charge in [0.25, 0.3) is 0 Å². The minimum atomic E-state index is 0.568. The summed E-state index contributed by atoms with van der Waals surface area (Å²) in [5, 5.41) is 3.69. The van der Waals surface area contributed by atoms with Crippen molar-refractivity contribution in [3.63, 3.8) is 0 Å². The molecule has 0 bridgehead atoms. The number of hydrogen-bond donors (Lipinski definition) is 1. The summed E-state index contributed by atoms with van der Waals surface area (Å²) in [6.45, 7) is 16.6. The van der Waals surface area contributed by atoms with Crippen molar-refractivity contribution in [3.8, 4) is 0 Å². The molecule has 0 aromatic heterocycles. The third-order valence-electron chi connectivity index (χ3n) is 4.29. The van der Waals surface area contributed by atoms with E-state index in [0.29, 0.717) is 18.0 Å². The van der Waals surface area contributed by atoms with Crippen molar-refractivity contribution in [2.45, 2.75) is 59.5 Å². The van der Waals surface area contributed by atoms with Crippen molar-refractivity contribution in [2.24, 2.45) is 11.8 Å². The van der Waals surface area contributed by atoms with Crippen molar-refractivity contribution in [3.05, 3.63) is 0 Å². The molecule has 0 aromatic rings. The summed E-state index contributed by atoms with van der Waals surface area (Å²) in [6.07, 6.45) is 2.50. The maximum absolute atomic E-state index is 5.71. The fraction of sp³-hybridized carbons (Fsp3) is 1.00. The Morgan fingerprint density at radius 2 is 2.05 bits per heavy atom. The second-order valence-electron chi connectivity index (χ2n) is 6.37. The highest BCUT2D eigenvalue weighted by atomic mass is 16.5. The molecule has 0 aliphatic carbocycles. The van der Waals surface area contributed by atoms with Gasteiger partial charge in [0.1, 0.15) is 0 Å². The Bertz CT molecular complexity index is 233. The van der Waals surface area contributed by atoms with Crippen LogP contribution in [0.1, 0.15) is 47.5 Å². The van der Waals surface area contributed by atoms with Crippen LogP contribution in [-0.2, 0) is 4.74 Å². The van der Waals surface area contributed by atoms with Crippen molar-refractivity contribution in [1.82, 2.24) is 10.2 Å². The van der Waals surface area contributed by atoms with E-state index in [1.54, 1.807) is 0 Å². The Balaban J connectivity index is 2.63. The zero-order valence-corrected chi connectivity index (χ0v) is 13.6. The van der Waals surface area contributed by atoms with E-state index in [1.165, 1.54) is 25.9 Å². The molecule has 0 aromatic carbocycles. The summed E-state index contributed by atoms with van der Waals surface area (Å²) in [6, 6.07) is 1.25. The Hall–Kier alpha value is -0.120. The van der Waals surface area contributed by atoms with E-state index in [0.717, 1.165) is 25.7 Å². The first-order valence-corrected chi connectivity index (χ1v) is 8.13. The minimum absolute atomic E-state index is 0.568. The zero-order chi connectivity index (χ0) is 14.3. The zero-order valence-electron chi connectivity index (χ0n) is 13.6. The summed E-state index contributed by atoms with van der Waals surface area (Å²) in [7, 11) is 0. The fourth-order valence-electron chi connectivity index (χ4n) is 2.96. The summed E-state index contributed by atoms with van der Waals surface area (Å²) >= 11 is 0. The molecule has 3 nitrogen and oxygen atoms in total. The Morgan fingerprint density at radius 1 is 1.32 bits per heavy atom. The molecular formula is C16H34N2O. The lowest BCUT2D eigenvalue weighted by Gasteiger charge is -2.39. The van der Waals surface area contributed by atoms with Crippen molar-refractivity contribution in [1.29, 1.82) is 0 Å². The second kappa shape index (κ2) is 8.93. The lowest BCUT2D eigenvalue weighted by atomic mass is 9.98. The van der Waals surface area contributed by atoms with Crippen molar-refractivity contribution in [2.75, 3.05) is 32.8 Å². The van der Waals surface area contributed by atoms with Gasteiger partial charge in [-0.2, -0.15) is 0 Å². The van der Waals surface area contributed by atoms with E-state index in [-0.39, 0.29) is 0 Å². The third-order valence-corrected chi connectivity index (χ3v) is 4.29. The number of hydrogen-bond acceptors (Lipinski definition) is 3. The van der Waals surface area contributed by atoms with Gasteiger partial charge < -0.3 is 10.1 Å². The molecule has 114 valence electrons. The normalized spacial score (nSPS) is 28.1. The molecule has 0 amide bonds. The van der Waals surface area contributed by atoms with Gasteiger partial charge in [-0.25, -0.2) is 0 Å². The van der Waals surface area contributed by atoms with Gasteiger partial charge >= 0.3 is 0 Å². The number of nitrogens with one attached hydrogen (secondary N) is 1. The molecule has 1 aliphatic heterocycles. The molecule has 0 spiro atoms. The predicted octanol–water partition coefficient (Wildman–Crippen LogP) is 2.76. The quantitative estimate of drug-likeness (QED) is 0.803. The van der Waals surface area contributed by atoms with Gasteiger partial charge in [0.2, 0.25) is 0 Å². The topological polar surface area (TPSA) is 24.5 Å². The highest BCUT2D eigenvalue weighted by Crippen LogP contribution is 2.17. The Morgan fingerprint density at radius 3 is 2.63 bits per heavy atom. The molecule has 1 fully saturated rings. The summed E-state index contributed by atoms with van der Waals surface area (Å²) in [5.74, 6) is 1.38. The van der Waals surface area contributed by atoms with Crippen LogP contribution >= 0.6 is 0 Å². The molecule has 1 aliphatic rings. The lowest BCUT2D eigenvalue weighted by Crippen LogP contribution is -2.50. The molecule has 1 rings (SSSR count). The van der Waals surface area contributed by atoms with Crippen LogP contribution in [0.3, 0.4) is 0 Å². The van der Waals surface area contributed by atoms with E-state index in [1.807, 2.05) is 0 Å². The van der Waals surface area contributed by atoms with E-state index in [9.17, 15) is 0 Å². The van der Waals surface area contributed by atoms with Crippen LogP contribution in [0.4, 0.5) is 0 Å². The van der Waals surface area contributed by atoms with Crippen LogP contribution in [0.15, 0.2) is 0 Å². The average molecular weight is 270 g/mol. The summed E-state index contributed by atoms with van der Waals surface area (Å²) in [5.41, 5.74) is 0. The second-order valence-corrected chi connectivity index (χ2v) is 6.37. The third kappa shape index (κ3) is 5.80. The first-order chi connectivity index (χ1) is 9.08. The van der Waals surface area contributed by atoms with E-state index in [4.69, 9.17) is 4.74 Å². The van der Waals surface area contributed by atoms with Crippen LogP contribution in [0.25, 0.3) is 0 Å². The number of nitrogens with zero attached hydrogens (tertiary/aromatic N) is 1. The Labute approximate surface area is 120 Å². The molecule has 19 heavy (non-hydrogen) atoms. The van der Waals surface area contributed by atoms with Crippen molar-refractivity contribution < 1.29 is 4.74 Å².